The lowest BCUT2D eigenvalue weighted by Gasteiger charge is -2.35. The predicted octanol–water partition coefficient (Wildman–Crippen LogP) is 18.2. The highest BCUT2D eigenvalue weighted by molar-refractivity contribution is 6.02. The van der Waals surface area contributed by atoms with Crippen molar-refractivity contribution in [2.75, 3.05) is 0 Å². The zero-order valence-corrected chi connectivity index (χ0v) is 61.0. The van der Waals surface area contributed by atoms with Crippen LogP contribution < -0.4 is 0 Å². The smallest absolute Gasteiger partial charge is 0.333 e. The van der Waals surface area contributed by atoms with Gasteiger partial charge in [-0.1, -0.05) is 219 Å². The van der Waals surface area contributed by atoms with Gasteiger partial charge in [0.1, 0.15) is 22.4 Å². The second-order valence-corrected chi connectivity index (χ2v) is 30.0. The van der Waals surface area contributed by atoms with Crippen LogP contribution in [0.15, 0.2) is 0 Å². The number of hydrogen-bond acceptors (Lipinski definition) is 16. The molecule has 2 saturated heterocycles. The van der Waals surface area contributed by atoms with Gasteiger partial charge in [0.05, 0.1) is 0 Å². The number of aliphatic carboxylic acids is 1. The zero-order chi connectivity index (χ0) is 70.6. The minimum absolute atomic E-state index is 0.0917. The van der Waals surface area contributed by atoms with Crippen molar-refractivity contribution in [3.05, 3.63) is 0 Å². The first kappa shape index (κ1) is 88.1. The Morgan fingerprint density at radius 1 is 0.333 bits per heavy atom. The number of esters is 4. The van der Waals surface area contributed by atoms with E-state index in [1.165, 1.54) is 77.0 Å². The van der Waals surface area contributed by atoms with Crippen molar-refractivity contribution >= 4 is 59.4 Å². The molecule has 0 saturated carbocycles. The molecular formula is C74H132N2O17. The van der Waals surface area contributed by atoms with E-state index in [1.54, 1.807) is 0 Å². The first-order chi connectivity index (χ1) is 43.6. The van der Waals surface area contributed by atoms with E-state index in [4.69, 9.17) is 34.1 Å². The number of amides is 4. The standard InChI is InChI=1S/C37H65NO8.C33H62O6.C4H5NO3/c1-8-9-10-11-12-14-17-20-23-28-37(33(42)44-35(2,3)4,34(43)45-36(5,6)7)29-24-21-18-15-13-16-19-22-25-32(41)46-38-30(39)26-27-31(38)40;1-8-9-10-11-12-14-17-20-23-26-33(29(36)38-31(2,3)4,30(37)39-32(5,6)7)27-24-21-18-15-13-16-19-22-25-28(34)35;6-3-1-2-4(7)5(3)8/h8-29H2,1-7H3;8-27H2,1-7H3,(H,34,35);8H,1-2H2. The summed E-state index contributed by atoms with van der Waals surface area (Å²) in [6, 6.07) is 0. The van der Waals surface area contributed by atoms with Crippen molar-refractivity contribution < 1.29 is 82.0 Å². The summed E-state index contributed by atoms with van der Waals surface area (Å²) in [4.78, 5) is 126. The average Bonchev–Trinajstić information content (AvgIpc) is 1.58. The molecule has 0 aromatic rings. The van der Waals surface area contributed by atoms with E-state index in [0.717, 1.165) is 135 Å². The van der Waals surface area contributed by atoms with E-state index in [9.17, 15) is 47.9 Å². The molecule has 93 heavy (non-hydrogen) atoms. The molecule has 0 bridgehead atoms. The van der Waals surface area contributed by atoms with E-state index >= 15 is 0 Å². The Hall–Kier alpha value is -4.94. The summed E-state index contributed by atoms with van der Waals surface area (Å²) in [6.07, 6.45) is 38.4. The van der Waals surface area contributed by atoms with E-state index in [0.29, 0.717) is 37.2 Å². The third-order valence-corrected chi connectivity index (χ3v) is 16.3. The normalized spacial score (nSPS) is 13.9. The minimum atomic E-state index is -1.30. The summed E-state index contributed by atoms with van der Waals surface area (Å²) < 4.78 is 23.4. The first-order valence-electron chi connectivity index (χ1n) is 36.3. The Bertz CT molecular complexity index is 2090. The number of carbonyl (C=O) groups is 10. The van der Waals surface area contributed by atoms with Crippen molar-refractivity contribution in [3.63, 3.8) is 0 Å². The van der Waals surface area contributed by atoms with Gasteiger partial charge in [0, 0.05) is 38.5 Å². The Balaban J connectivity index is 0.00000163. The molecule has 0 aliphatic carbocycles. The van der Waals surface area contributed by atoms with Crippen LogP contribution in [0.2, 0.25) is 0 Å². The number of carbonyl (C=O) groups excluding carboxylic acids is 9. The van der Waals surface area contributed by atoms with Crippen LogP contribution in [-0.4, -0.2) is 102 Å². The third kappa shape index (κ3) is 43.0. The van der Waals surface area contributed by atoms with Crippen molar-refractivity contribution in [2.24, 2.45) is 10.8 Å². The highest BCUT2D eigenvalue weighted by Crippen LogP contribution is 2.40. The van der Waals surface area contributed by atoms with Gasteiger partial charge in [-0.25, -0.2) is 4.79 Å². The average molecular weight is 1320 g/mol. The van der Waals surface area contributed by atoms with Crippen molar-refractivity contribution in [2.45, 2.75) is 402 Å². The Labute approximate surface area is 562 Å². The molecule has 2 rings (SSSR count). The molecule has 540 valence electrons. The van der Waals surface area contributed by atoms with Gasteiger partial charge in [0.25, 0.3) is 23.6 Å². The SMILES string of the molecule is CCCCCCCCCCCC(CCCCCCCCCCC(=O)O)(C(=O)OC(C)(C)C)C(=O)OC(C)(C)C.CCCCCCCCCCCC(CCCCCCCCCCC(=O)ON1C(=O)CCC1=O)(C(=O)OC(C)(C)C)C(=O)OC(C)(C)C.O=C1CCC(=O)N1O. The van der Waals surface area contributed by atoms with Gasteiger partial charge >= 0.3 is 35.8 Å². The van der Waals surface area contributed by atoms with Crippen LogP contribution in [0.5, 0.6) is 0 Å². The number of rotatable bonds is 47. The number of nitrogens with zero attached hydrogens (tertiary/aromatic N) is 2. The summed E-state index contributed by atoms with van der Waals surface area (Å²) in [5.41, 5.74) is -5.34. The number of imide groups is 2. The number of ether oxygens (including phenoxy) is 4. The first-order valence-corrected chi connectivity index (χ1v) is 36.3. The number of carboxylic acids is 1. The fraction of sp³-hybridized carbons (Fsp3) is 0.865. The van der Waals surface area contributed by atoms with E-state index in [2.05, 4.69) is 13.8 Å². The molecule has 0 aromatic carbocycles. The largest absolute Gasteiger partial charge is 0.481 e. The molecule has 2 heterocycles. The molecule has 0 radical (unpaired) electrons. The predicted molar refractivity (Wildman–Crippen MR) is 362 cm³/mol. The second-order valence-electron chi connectivity index (χ2n) is 30.0. The van der Waals surface area contributed by atoms with Crippen LogP contribution >= 0.6 is 0 Å². The summed E-state index contributed by atoms with van der Waals surface area (Å²) in [5.74, 6) is -5.03. The van der Waals surface area contributed by atoms with Crippen LogP contribution in [0, 0.1) is 10.8 Å². The van der Waals surface area contributed by atoms with Gasteiger partial charge in [-0.05, 0) is 122 Å². The molecule has 2 N–H and O–H groups in total. The number of carboxylic acid groups (broad SMARTS) is 1. The van der Waals surface area contributed by atoms with Crippen LogP contribution in [-0.2, 0) is 71.7 Å². The second kappa shape index (κ2) is 47.9. The maximum absolute atomic E-state index is 13.7. The topological polar surface area (TPSA) is 264 Å². The minimum Gasteiger partial charge on any atom is -0.481 e. The molecule has 0 atom stereocenters. The fourth-order valence-electron chi connectivity index (χ4n) is 11.1. The van der Waals surface area contributed by atoms with E-state index in [-0.39, 0.29) is 43.6 Å². The molecule has 2 aliphatic heterocycles. The maximum atomic E-state index is 13.7. The summed E-state index contributed by atoms with van der Waals surface area (Å²) in [6.45, 7) is 26.5. The molecule has 2 aliphatic rings. The quantitative estimate of drug-likeness (QED) is 0.0143. The summed E-state index contributed by atoms with van der Waals surface area (Å²) >= 11 is 0. The Morgan fingerprint density at radius 3 is 0.763 bits per heavy atom. The highest BCUT2D eigenvalue weighted by Gasteiger charge is 2.51. The third-order valence-electron chi connectivity index (χ3n) is 16.3. The fourth-order valence-corrected chi connectivity index (χ4v) is 11.1. The number of hydrogen-bond donors (Lipinski definition) is 2. The van der Waals surface area contributed by atoms with Gasteiger partial charge in [-0.15, -0.1) is 5.06 Å². The summed E-state index contributed by atoms with van der Waals surface area (Å²) in [5, 5.41) is 17.9. The van der Waals surface area contributed by atoms with Gasteiger partial charge in [-0.3, -0.25) is 48.4 Å². The van der Waals surface area contributed by atoms with Gasteiger partial charge in [-0.2, -0.15) is 5.06 Å². The lowest BCUT2D eigenvalue weighted by molar-refractivity contribution is -0.197. The Kier molecular flexibility index (Phi) is 45.3. The molecule has 0 aromatic heterocycles. The van der Waals surface area contributed by atoms with Crippen molar-refractivity contribution in [1.82, 2.24) is 10.1 Å². The van der Waals surface area contributed by atoms with Gasteiger partial charge < -0.3 is 28.9 Å². The molecule has 2 fully saturated rings. The molecule has 19 heteroatoms. The lowest BCUT2D eigenvalue weighted by Crippen LogP contribution is -2.46. The molecule has 4 amide bonds. The van der Waals surface area contributed by atoms with Crippen LogP contribution in [0.25, 0.3) is 0 Å². The molecule has 0 spiro atoms. The number of unbranched alkanes of at least 4 members (excludes halogenated alkanes) is 30. The number of hydroxylamine groups is 4. The molecule has 0 unspecified atom stereocenters. The van der Waals surface area contributed by atoms with Gasteiger partial charge in [0.2, 0.25) is 0 Å². The lowest BCUT2D eigenvalue weighted by atomic mass is 9.77. The van der Waals surface area contributed by atoms with Crippen molar-refractivity contribution in [3.8, 4) is 0 Å². The molecule has 19 nitrogen and oxygen atoms in total. The molecular weight excluding hydrogens is 1190 g/mol. The van der Waals surface area contributed by atoms with Crippen LogP contribution in [0.1, 0.15) is 379 Å². The monoisotopic (exact) mass is 1320 g/mol. The van der Waals surface area contributed by atoms with Gasteiger partial charge in [0.15, 0.2) is 10.8 Å². The Morgan fingerprint density at radius 2 is 0.548 bits per heavy atom. The van der Waals surface area contributed by atoms with Crippen molar-refractivity contribution in [1.29, 1.82) is 0 Å². The summed E-state index contributed by atoms with van der Waals surface area (Å²) in [7, 11) is 0. The zero-order valence-electron chi connectivity index (χ0n) is 61.0. The van der Waals surface area contributed by atoms with Crippen LogP contribution in [0.4, 0.5) is 0 Å². The van der Waals surface area contributed by atoms with E-state index in [1.807, 2.05) is 83.1 Å². The maximum Gasteiger partial charge on any atom is 0.333 e. The highest BCUT2D eigenvalue weighted by atomic mass is 16.7. The van der Waals surface area contributed by atoms with Crippen LogP contribution in [0.3, 0.4) is 0 Å². The van der Waals surface area contributed by atoms with E-state index < -0.39 is 92.7 Å².